The number of imidazole rings is 2. The van der Waals surface area contributed by atoms with Crippen molar-refractivity contribution in [3.63, 3.8) is 0 Å². The molecule has 364 valence electrons. The Morgan fingerprint density at radius 3 is 1.37 bits per heavy atom. The molecule has 2 aliphatic carbocycles. The van der Waals surface area contributed by atoms with Crippen molar-refractivity contribution >= 4 is 56.8 Å². The minimum absolute atomic E-state index is 0.141. The van der Waals surface area contributed by atoms with E-state index in [1.165, 1.54) is 37.1 Å². The average molecular weight is 992 g/mol. The van der Waals surface area contributed by atoms with Crippen molar-refractivity contribution in [2.45, 2.75) is 63.9 Å². The minimum atomic E-state index is -4.36. The van der Waals surface area contributed by atoms with Crippen LogP contribution in [0.5, 0.6) is 0 Å². The number of rotatable bonds is 7. The molecule has 0 atom stereocenters. The van der Waals surface area contributed by atoms with Crippen LogP contribution in [0.25, 0.3) is 22.1 Å². The summed E-state index contributed by atoms with van der Waals surface area (Å²) in [5.41, 5.74) is 5.69. The second kappa shape index (κ2) is 21.4. The molecule has 0 spiro atoms. The van der Waals surface area contributed by atoms with Crippen molar-refractivity contribution in [1.29, 1.82) is 0 Å². The number of alkyl halides is 7. The van der Waals surface area contributed by atoms with Crippen molar-refractivity contribution in [3.8, 4) is 0 Å². The maximum Gasteiger partial charge on any atom is 0.416 e. The van der Waals surface area contributed by atoms with E-state index in [0.717, 1.165) is 55.9 Å². The van der Waals surface area contributed by atoms with Crippen LogP contribution in [-0.4, -0.2) is 56.3 Å². The van der Waals surface area contributed by atoms with E-state index in [9.17, 15) is 45.5 Å². The topological polar surface area (TPSA) is 147 Å². The number of carbonyl (C=O) groups excluding carboxylic acids is 4. The molecule has 3 heterocycles. The Morgan fingerprint density at radius 1 is 0.535 bits per heavy atom. The third-order valence-corrected chi connectivity index (χ3v) is 12.1. The Morgan fingerprint density at radius 2 is 0.958 bits per heavy atom. The van der Waals surface area contributed by atoms with E-state index < -0.39 is 23.5 Å². The van der Waals surface area contributed by atoms with E-state index >= 15 is 0 Å². The monoisotopic (exact) mass is 991 g/mol. The Labute approximate surface area is 407 Å². The summed E-state index contributed by atoms with van der Waals surface area (Å²) in [5, 5.41) is 3.13. The summed E-state index contributed by atoms with van der Waals surface area (Å²) in [5.74, 6) is 0.607. The number of carbonyl (C=O) groups is 4. The lowest BCUT2D eigenvalue weighted by atomic mass is 9.83. The minimum Gasteiger partial charge on any atom is -0.381 e. The van der Waals surface area contributed by atoms with Gasteiger partial charge in [0.15, 0.2) is 23.1 Å². The number of ether oxygens (including phenoxy) is 1. The Kier molecular flexibility index (Phi) is 15.1. The van der Waals surface area contributed by atoms with Gasteiger partial charge >= 0.3 is 12.4 Å². The Hall–Kier alpha value is -7.27. The highest BCUT2D eigenvalue weighted by molar-refractivity contribution is 6.32. The summed E-state index contributed by atoms with van der Waals surface area (Å²) in [6.07, 6.45) is -4.24. The molecule has 8 aromatic rings. The molecule has 3 aliphatic rings. The normalized spacial score (nSPS) is 13.8. The predicted octanol–water partition coefficient (Wildman–Crippen LogP) is 12.2. The molecule has 0 bridgehead atoms. The fourth-order valence-electron chi connectivity index (χ4n) is 8.35. The van der Waals surface area contributed by atoms with Gasteiger partial charge in [-0.3, -0.25) is 19.2 Å². The number of nitrogens with zero attached hydrogens (tertiary/aromatic N) is 2. The van der Waals surface area contributed by atoms with Gasteiger partial charge in [-0.05, 0) is 78.9 Å². The van der Waals surface area contributed by atoms with E-state index in [0.29, 0.717) is 91.3 Å². The summed E-state index contributed by atoms with van der Waals surface area (Å²) in [4.78, 5) is 66.2. The van der Waals surface area contributed by atoms with Crippen LogP contribution in [-0.2, 0) is 42.5 Å². The van der Waals surface area contributed by atoms with Crippen molar-refractivity contribution < 1.29 is 50.3 Å². The van der Waals surface area contributed by atoms with Crippen LogP contribution in [0.15, 0.2) is 121 Å². The van der Waals surface area contributed by atoms with Crippen LogP contribution in [0.1, 0.15) is 124 Å². The Balaban J connectivity index is 0.000000148. The fourth-order valence-corrected chi connectivity index (χ4v) is 8.48. The number of fused-ring (bicyclic) bond motifs is 8. The van der Waals surface area contributed by atoms with Gasteiger partial charge in [-0.25, -0.2) is 9.97 Å². The highest BCUT2D eigenvalue weighted by atomic mass is 35.5. The molecule has 10 nitrogen and oxygen atoms in total. The number of benzene rings is 6. The zero-order chi connectivity index (χ0) is 50.5. The molecule has 3 N–H and O–H groups in total. The highest BCUT2D eigenvalue weighted by Crippen LogP contribution is 2.34. The first kappa shape index (κ1) is 50.1. The molecular weight excluding hydrogens is 948 g/mol. The molecule has 71 heavy (non-hydrogen) atoms. The van der Waals surface area contributed by atoms with Gasteiger partial charge < -0.3 is 20.0 Å². The van der Waals surface area contributed by atoms with Gasteiger partial charge in [0.2, 0.25) is 0 Å². The molecule has 1 fully saturated rings. The third kappa shape index (κ3) is 11.0. The number of aromatic amines is 2. The van der Waals surface area contributed by atoms with Crippen molar-refractivity contribution in [2.75, 3.05) is 13.2 Å². The van der Waals surface area contributed by atoms with Crippen molar-refractivity contribution in [3.05, 3.63) is 200 Å². The maximum atomic E-state index is 13.1. The van der Waals surface area contributed by atoms with Gasteiger partial charge in [-0.1, -0.05) is 86.1 Å². The number of aromatic nitrogens is 4. The molecule has 1 saturated heterocycles. The fraction of sp³-hybridized carbons (Fsp3) is 0.222. The lowest BCUT2D eigenvalue weighted by molar-refractivity contribution is -0.138. The third-order valence-electron chi connectivity index (χ3n) is 11.9. The van der Waals surface area contributed by atoms with E-state index in [1.54, 1.807) is 72.8 Å². The van der Waals surface area contributed by atoms with Crippen LogP contribution in [0.3, 0.4) is 0 Å². The number of ketones is 4. The highest BCUT2D eigenvalue weighted by Gasteiger charge is 2.34. The number of nitrogens with one attached hydrogen (secondary N) is 3. The van der Waals surface area contributed by atoms with E-state index in [-0.39, 0.29) is 34.6 Å². The van der Waals surface area contributed by atoms with Crippen LogP contribution in [0, 0.1) is 0 Å². The number of halogens is 7. The van der Waals surface area contributed by atoms with Crippen LogP contribution < -0.4 is 5.32 Å². The van der Waals surface area contributed by atoms with Crippen LogP contribution in [0.2, 0.25) is 0 Å². The first-order valence-electron chi connectivity index (χ1n) is 22.6. The van der Waals surface area contributed by atoms with Gasteiger partial charge in [-0.2, -0.15) is 26.3 Å². The van der Waals surface area contributed by atoms with Crippen molar-refractivity contribution in [2.24, 2.45) is 0 Å². The quantitative estimate of drug-likeness (QED) is 0.106. The molecule has 6 aromatic carbocycles. The molecule has 11 rings (SSSR count). The molecule has 2 aromatic heterocycles. The summed E-state index contributed by atoms with van der Waals surface area (Å²) < 4.78 is 79.3. The van der Waals surface area contributed by atoms with Gasteiger partial charge in [0.25, 0.3) is 0 Å². The zero-order valence-electron chi connectivity index (χ0n) is 38.0. The van der Waals surface area contributed by atoms with Gasteiger partial charge in [0.1, 0.15) is 22.7 Å². The summed E-state index contributed by atoms with van der Waals surface area (Å²) in [7, 11) is 0. The number of hydrogen-bond donors (Lipinski definition) is 3. The predicted molar refractivity (Wildman–Crippen MR) is 256 cm³/mol. The van der Waals surface area contributed by atoms with Gasteiger partial charge in [-0.15, -0.1) is 11.6 Å². The first-order valence-corrected chi connectivity index (χ1v) is 23.2. The summed E-state index contributed by atoms with van der Waals surface area (Å²) >= 11 is 5.78. The molecule has 0 amide bonds. The Bertz CT molecular complexity index is 3260. The van der Waals surface area contributed by atoms with Gasteiger partial charge in [0, 0.05) is 53.1 Å². The second-order valence-electron chi connectivity index (χ2n) is 16.7. The molecule has 0 unspecified atom stereocenters. The summed E-state index contributed by atoms with van der Waals surface area (Å²) in [6, 6.07) is 30.6. The molecular formula is C54H44ClF6N5O5. The van der Waals surface area contributed by atoms with E-state index in [1.807, 2.05) is 6.92 Å². The summed E-state index contributed by atoms with van der Waals surface area (Å²) in [6.45, 7) is 4.65. The lowest BCUT2D eigenvalue weighted by Crippen LogP contribution is -2.21. The molecule has 0 radical (unpaired) electrons. The van der Waals surface area contributed by atoms with Gasteiger partial charge in [0.05, 0.1) is 45.7 Å². The average Bonchev–Trinajstić information content (AvgIpc) is 4.18. The van der Waals surface area contributed by atoms with Crippen molar-refractivity contribution in [1.82, 2.24) is 25.3 Å². The largest absolute Gasteiger partial charge is 0.416 e. The maximum absolute atomic E-state index is 13.1. The zero-order valence-corrected chi connectivity index (χ0v) is 38.7. The lowest BCUT2D eigenvalue weighted by Gasteiger charge is -2.17. The van der Waals surface area contributed by atoms with E-state index in [2.05, 4.69) is 25.3 Å². The smallest absolute Gasteiger partial charge is 0.381 e. The standard InChI is InChI=1S/C24H16F3N3O2.C16H9ClN2O2.C10H11F3.C4H8O/c25-24(26,27)14-7-5-13(6-8-14)11-28-12-19-29-18-10-9-17-20(21(18)30-19)23(32)16-4-2-1-3-15(16)22(17)31;17-7-12-18-11-6-5-10-13(14(11)19-12)16(21)9-4-2-1-3-8(9)15(10)20;1-2-3-8-4-6-9(7-5-8)10(11,12)13;1-2-4-5-3-1/h1-10,28H,11-12H2,(H,29,30);1-6H,7H2,(H,18,19);4-7H,2-3H2,1H3;1-4H2. The van der Waals surface area contributed by atoms with E-state index in [4.69, 9.17) is 16.3 Å². The SMILES string of the molecule is C1CCOC1.CCCc1ccc(C(F)(F)F)cc1.O=C1c2ccccc2C(=O)c2c1ccc1[nH]c(CCl)nc21.O=C1c2ccccc2C(=O)c2c1ccc1[nH]c(CNCc3ccc(C(F)(F)F)cc3)nc21. The number of H-pyrrole nitrogens is 2. The van der Waals surface area contributed by atoms with Crippen LogP contribution >= 0.6 is 11.6 Å². The second-order valence-corrected chi connectivity index (χ2v) is 17.0. The van der Waals surface area contributed by atoms with Crippen LogP contribution in [0.4, 0.5) is 26.3 Å². The first-order chi connectivity index (χ1) is 34.1. The number of hydrogen-bond acceptors (Lipinski definition) is 8. The molecule has 0 saturated carbocycles. The molecule has 17 heteroatoms. The number of aryl methyl sites for hydroxylation is 1. The molecule has 1 aliphatic heterocycles.